The first-order chi connectivity index (χ1) is 14.9. The van der Waals surface area contributed by atoms with Gasteiger partial charge in [-0.3, -0.25) is 19.0 Å². The van der Waals surface area contributed by atoms with Crippen LogP contribution in [0.3, 0.4) is 0 Å². The maximum atomic E-state index is 13.8. The summed E-state index contributed by atoms with van der Waals surface area (Å²) >= 11 is 0. The number of amides is 2. The van der Waals surface area contributed by atoms with Gasteiger partial charge in [-0.15, -0.1) is 0 Å². The van der Waals surface area contributed by atoms with Crippen LogP contribution in [0.4, 0.5) is 14.5 Å². The van der Waals surface area contributed by atoms with Gasteiger partial charge in [0.1, 0.15) is 18.2 Å². The number of benzene rings is 2. The minimum Gasteiger partial charge on any atom is -0.349 e. The van der Waals surface area contributed by atoms with E-state index in [2.05, 4.69) is 15.6 Å². The maximum absolute atomic E-state index is 13.8. The van der Waals surface area contributed by atoms with Gasteiger partial charge in [-0.2, -0.15) is 0 Å². The molecule has 0 spiro atoms. The summed E-state index contributed by atoms with van der Waals surface area (Å²) in [7, 11) is 0. The fourth-order valence-electron chi connectivity index (χ4n) is 3.74. The molecule has 0 bridgehead atoms. The van der Waals surface area contributed by atoms with Gasteiger partial charge in [0.15, 0.2) is 0 Å². The van der Waals surface area contributed by atoms with Gasteiger partial charge in [0.05, 0.1) is 22.9 Å². The predicted molar refractivity (Wildman–Crippen MR) is 111 cm³/mol. The summed E-state index contributed by atoms with van der Waals surface area (Å²) in [5.41, 5.74) is 0.433. The van der Waals surface area contributed by atoms with Crippen LogP contribution >= 0.6 is 0 Å². The van der Waals surface area contributed by atoms with Crippen molar-refractivity contribution in [1.29, 1.82) is 0 Å². The number of fused-ring (bicyclic) bond motifs is 1. The molecule has 31 heavy (non-hydrogen) atoms. The molecule has 2 aromatic carbocycles. The molecule has 9 heteroatoms. The van der Waals surface area contributed by atoms with Gasteiger partial charge in [0, 0.05) is 17.7 Å². The molecule has 2 N–H and O–H groups in total. The summed E-state index contributed by atoms with van der Waals surface area (Å²) in [4.78, 5) is 41.3. The Kier molecular flexibility index (Phi) is 5.75. The lowest BCUT2D eigenvalue weighted by molar-refractivity contribution is -0.116. The van der Waals surface area contributed by atoms with E-state index in [-0.39, 0.29) is 17.6 Å². The van der Waals surface area contributed by atoms with Crippen molar-refractivity contribution in [3.05, 3.63) is 70.1 Å². The van der Waals surface area contributed by atoms with Crippen molar-refractivity contribution >= 4 is 28.5 Å². The summed E-state index contributed by atoms with van der Waals surface area (Å²) in [5.74, 6) is -2.56. The normalized spacial score (nSPS) is 14.0. The summed E-state index contributed by atoms with van der Waals surface area (Å²) in [6.45, 7) is -0.401. The van der Waals surface area contributed by atoms with Gasteiger partial charge in [0.25, 0.3) is 11.5 Å². The zero-order chi connectivity index (χ0) is 22.0. The van der Waals surface area contributed by atoms with Crippen molar-refractivity contribution in [2.45, 2.75) is 38.3 Å². The fraction of sp³-hybridized carbons (Fsp3) is 0.273. The van der Waals surface area contributed by atoms with Crippen molar-refractivity contribution in [3.8, 4) is 0 Å². The van der Waals surface area contributed by atoms with Gasteiger partial charge in [0.2, 0.25) is 5.91 Å². The molecule has 1 saturated carbocycles. The summed E-state index contributed by atoms with van der Waals surface area (Å²) in [5, 5.41) is 5.32. The number of carbonyl (C=O) groups excluding carboxylic acids is 2. The van der Waals surface area contributed by atoms with Crippen LogP contribution in [0.15, 0.2) is 47.4 Å². The first kappa shape index (κ1) is 20.6. The monoisotopic (exact) mass is 426 g/mol. The van der Waals surface area contributed by atoms with Crippen LogP contribution in [0, 0.1) is 11.6 Å². The number of halogens is 2. The van der Waals surface area contributed by atoms with Crippen LogP contribution < -0.4 is 16.2 Å². The summed E-state index contributed by atoms with van der Waals surface area (Å²) in [6, 6.07) is 7.63. The van der Waals surface area contributed by atoms with Gasteiger partial charge in [-0.1, -0.05) is 12.8 Å². The van der Waals surface area contributed by atoms with Crippen molar-refractivity contribution < 1.29 is 18.4 Å². The third kappa shape index (κ3) is 4.60. The van der Waals surface area contributed by atoms with Crippen molar-refractivity contribution in [2.75, 3.05) is 5.32 Å². The molecule has 0 saturated heterocycles. The largest absolute Gasteiger partial charge is 0.349 e. The lowest BCUT2D eigenvalue weighted by Crippen LogP contribution is -2.32. The van der Waals surface area contributed by atoms with Crippen LogP contribution in [-0.2, 0) is 11.3 Å². The molecular formula is C22H20F2N4O3. The Hall–Kier alpha value is -3.62. The molecule has 1 aromatic heterocycles. The third-order valence-corrected chi connectivity index (χ3v) is 5.31. The number of aromatic nitrogens is 2. The maximum Gasteiger partial charge on any atom is 0.269 e. The molecule has 7 nitrogen and oxygen atoms in total. The highest BCUT2D eigenvalue weighted by Crippen LogP contribution is 2.19. The van der Waals surface area contributed by atoms with Crippen molar-refractivity contribution in [1.82, 2.24) is 14.9 Å². The van der Waals surface area contributed by atoms with E-state index < -0.39 is 29.6 Å². The van der Waals surface area contributed by atoms with E-state index in [0.717, 1.165) is 44.0 Å². The minimum atomic E-state index is -0.918. The molecule has 0 atom stereocenters. The standard InChI is InChI=1S/C22H20F2N4O3/c23-14-6-7-17(16(24)10-14)27-20(29)12-28-19-8-5-13(9-18(19)25-11-21(28)30)22(31)26-15-3-1-2-4-15/h5-11,15H,1-4,12H2,(H,26,31)(H,27,29). The van der Waals surface area contributed by atoms with Gasteiger partial charge in [-0.25, -0.2) is 13.8 Å². The van der Waals surface area contributed by atoms with E-state index >= 15 is 0 Å². The van der Waals surface area contributed by atoms with E-state index in [0.29, 0.717) is 22.7 Å². The second-order valence-corrected chi connectivity index (χ2v) is 7.51. The number of nitrogens with one attached hydrogen (secondary N) is 2. The smallest absolute Gasteiger partial charge is 0.269 e. The Bertz CT molecular complexity index is 1220. The Morgan fingerprint density at radius 2 is 1.87 bits per heavy atom. The highest BCUT2D eigenvalue weighted by atomic mass is 19.1. The van der Waals surface area contributed by atoms with Crippen molar-refractivity contribution in [2.24, 2.45) is 0 Å². The molecule has 0 radical (unpaired) electrons. The Morgan fingerprint density at radius 3 is 2.61 bits per heavy atom. The number of nitrogens with zero attached hydrogens (tertiary/aromatic N) is 2. The molecule has 0 unspecified atom stereocenters. The summed E-state index contributed by atoms with van der Waals surface area (Å²) < 4.78 is 28.0. The number of rotatable bonds is 5. The first-order valence-electron chi connectivity index (χ1n) is 9.96. The second kappa shape index (κ2) is 8.63. The predicted octanol–water partition coefficient (Wildman–Crippen LogP) is 2.99. The molecule has 1 aliphatic rings. The van der Waals surface area contributed by atoms with Gasteiger partial charge < -0.3 is 10.6 Å². The second-order valence-electron chi connectivity index (χ2n) is 7.51. The number of hydrogen-bond acceptors (Lipinski definition) is 4. The Labute approximate surface area is 176 Å². The number of carbonyl (C=O) groups is 2. The van der Waals surface area contributed by atoms with Crippen LogP contribution in [-0.4, -0.2) is 27.4 Å². The fourth-order valence-corrected chi connectivity index (χ4v) is 3.74. The van der Waals surface area contributed by atoms with E-state index in [1.165, 1.54) is 4.57 Å². The van der Waals surface area contributed by atoms with E-state index in [1.54, 1.807) is 18.2 Å². The van der Waals surface area contributed by atoms with Crippen LogP contribution in [0.1, 0.15) is 36.0 Å². The lowest BCUT2D eigenvalue weighted by Gasteiger charge is -2.13. The average Bonchev–Trinajstić information content (AvgIpc) is 3.25. The SMILES string of the molecule is O=C(Cn1c(=O)cnc2cc(C(=O)NC3CCCC3)ccc21)Nc1ccc(F)cc1F. The molecular weight excluding hydrogens is 406 g/mol. The Morgan fingerprint density at radius 1 is 1.10 bits per heavy atom. The minimum absolute atomic E-state index is 0.167. The van der Waals surface area contributed by atoms with Crippen molar-refractivity contribution in [3.63, 3.8) is 0 Å². The zero-order valence-electron chi connectivity index (χ0n) is 16.5. The zero-order valence-corrected chi connectivity index (χ0v) is 16.5. The first-order valence-corrected chi connectivity index (χ1v) is 9.96. The molecule has 1 heterocycles. The van der Waals surface area contributed by atoms with E-state index in [9.17, 15) is 23.2 Å². The van der Waals surface area contributed by atoms with Crippen LogP contribution in [0.2, 0.25) is 0 Å². The molecule has 160 valence electrons. The molecule has 2 amide bonds. The Balaban J connectivity index is 1.55. The molecule has 4 rings (SSSR count). The van der Waals surface area contributed by atoms with Gasteiger partial charge >= 0.3 is 0 Å². The van der Waals surface area contributed by atoms with Gasteiger partial charge in [-0.05, 0) is 43.2 Å². The highest BCUT2D eigenvalue weighted by molar-refractivity contribution is 5.98. The van der Waals surface area contributed by atoms with E-state index in [4.69, 9.17) is 0 Å². The van der Waals surface area contributed by atoms with E-state index in [1.807, 2.05) is 0 Å². The molecule has 1 fully saturated rings. The number of anilines is 1. The lowest BCUT2D eigenvalue weighted by atomic mass is 10.1. The van der Waals surface area contributed by atoms with Crippen LogP contribution in [0.25, 0.3) is 11.0 Å². The third-order valence-electron chi connectivity index (χ3n) is 5.31. The number of hydrogen-bond donors (Lipinski definition) is 2. The summed E-state index contributed by atoms with van der Waals surface area (Å²) in [6.07, 6.45) is 5.18. The topological polar surface area (TPSA) is 93.1 Å². The molecule has 3 aromatic rings. The average molecular weight is 426 g/mol. The quantitative estimate of drug-likeness (QED) is 0.656. The van der Waals surface area contributed by atoms with Crippen LogP contribution in [0.5, 0.6) is 0 Å². The highest BCUT2D eigenvalue weighted by Gasteiger charge is 2.19. The molecule has 1 aliphatic carbocycles. The molecule has 0 aliphatic heterocycles.